The number of rotatable bonds is 4. The highest BCUT2D eigenvalue weighted by atomic mass is 19.1. The van der Waals surface area contributed by atoms with E-state index in [4.69, 9.17) is 9.47 Å². The Kier molecular flexibility index (Phi) is 5.17. The van der Waals surface area contributed by atoms with Gasteiger partial charge in [-0.3, -0.25) is 0 Å². The number of nitrogens with zero attached hydrogens (tertiary/aromatic N) is 4. The van der Waals surface area contributed by atoms with Crippen LogP contribution in [0.1, 0.15) is 39.3 Å². The molecule has 0 aliphatic rings. The molecule has 3 rings (SSSR count). The summed E-state index contributed by atoms with van der Waals surface area (Å²) in [7, 11) is 1.47. The second-order valence-electron chi connectivity index (χ2n) is 7.25. The molecule has 0 aromatic carbocycles. The van der Waals surface area contributed by atoms with Gasteiger partial charge < -0.3 is 14.8 Å². The molecule has 8 nitrogen and oxygen atoms in total. The van der Waals surface area contributed by atoms with Crippen LogP contribution in [-0.2, 0) is 4.74 Å². The topological polar surface area (TPSA) is 91.2 Å². The summed E-state index contributed by atoms with van der Waals surface area (Å²) in [5.41, 5.74) is 0.814. The molecule has 0 amide bonds. The van der Waals surface area contributed by atoms with Gasteiger partial charge in [0.15, 0.2) is 5.65 Å². The quantitative estimate of drug-likeness (QED) is 0.725. The summed E-state index contributed by atoms with van der Waals surface area (Å²) in [4.78, 5) is 25.0. The average molecular weight is 387 g/mol. The van der Waals surface area contributed by atoms with Crippen LogP contribution >= 0.6 is 0 Å². The van der Waals surface area contributed by atoms with Crippen LogP contribution in [0.2, 0.25) is 0 Å². The lowest BCUT2D eigenvalue weighted by atomic mass is 10.1. The molecule has 3 aromatic rings. The van der Waals surface area contributed by atoms with E-state index < -0.39 is 17.5 Å². The Labute approximate surface area is 161 Å². The van der Waals surface area contributed by atoms with E-state index in [9.17, 15) is 9.18 Å². The second-order valence-corrected chi connectivity index (χ2v) is 7.25. The van der Waals surface area contributed by atoms with Gasteiger partial charge in [0.1, 0.15) is 29.1 Å². The Balaban J connectivity index is 1.89. The van der Waals surface area contributed by atoms with Crippen molar-refractivity contribution in [3.05, 3.63) is 42.1 Å². The smallest absolute Gasteiger partial charge is 0.421 e. The number of methoxy groups -OCH3 is 1. The summed E-state index contributed by atoms with van der Waals surface area (Å²) in [6.45, 7) is 7.18. The Bertz CT molecular complexity index is 1010. The second kappa shape index (κ2) is 7.41. The predicted molar refractivity (Wildman–Crippen MR) is 102 cm³/mol. The predicted octanol–water partition coefficient (Wildman–Crippen LogP) is 3.93. The van der Waals surface area contributed by atoms with Crippen LogP contribution in [-0.4, -0.2) is 38.3 Å². The zero-order chi connectivity index (χ0) is 20.5. The summed E-state index contributed by atoms with van der Waals surface area (Å²) < 4.78 is 25.4. The first-order chi connectivity index (χ1) is 13.2. The molecule has 0 saturated carbocycles. The van der Waals surface area contributed by atoms with Crippen LogP contribution in [0.4, 0.5) is 15.0 Å². The van der Waals surface area contributed by atoms with E-state index in [1.807, 2.05) is 6.92 Å². The van der Waals surface area contributed by atoms with Crippen molar-refractivity contribution in [2.75, 3.05) is 12.4 Å². The Morgan fingerprint density at radius 2 is 2.04 bits per heavy atom. The van der Waals surface area contributed by atoms with Crippen molar-refractivity contribution in [1.29, 1.82) is 0 Å². The molecule has 1 N–H and O–H groups in total. The standard InChI is InChI=1S/C19H22FN5O3/c1-11(13-8-12(20)9-21-17(13)27-5)23-15-7-6-14-16(24-15)25(10-22-14)18(26)28-19(2,3)4/h6-11H,1-5H3,(H,23,24). The van der Waals surface area contributed by atoms with Crippen molar-refractivity contribution < 1.29 is 18.7 Å². The number of pyridine rings is 2. The fourth-order valence-corrected chi connectivity index (χ4v) is 2.64. The maximum atomic E-state index is 13.6. The molecule has 0 spiro atoms. The van der Waals surface area contributed by atoms with E-state index in [2.05, 4.69) is 20.3 Å². The first-order valence-electron chi connectivity index (χ1n) is 8.71. The third kappa shape index (κ3) is 4.19. The number of carbonyl (C=O) groups excluding carboxylic acids is 1. The van der Waals surface area contributed by atoms with E-state index in [-0.39, 0.29) is 6.04 Å². The number of fused-ring (bicyclic) bond motifs is 1. The fourth-order valence-electron chi connectivity index (χ4n) is 2.64. The van der Waals surface area contributed by atoms with Crippen LogP contribution in [0.5, 0.6) is 5.88 Å². The normalized spacial score (nSPS) is 12.6. The average Bonchev–Trinajstić information content (AvgIpc) is 3.03. The molecule has 0 fully saturated rings. The van der Waals surface area contributed by atoms with Gasteiger partial charge in [-0.15, -0.1) is 0 Å². The molecule has 9 heteroatoms. The number of hydrogen-bond acceptors (Lipinski definition) is 7. The summed E-state index contributed by atoms with van der Waals surface area (Å²) in [6, 6.07) is 4.47. The minimum Gasteiger partial charge on any atom is -0.481 e. The Morgan fingerprint density at radius 3 is 2.71 bits per heavy atom. The highest BCUT2D eigenvalue weighted by Crippen LogP contribution is 2.26. The largest absolute Gasteiger partial charge is 0.481 e. The molecular formula is C19H22FN5O3. The SMILES string of the molecule is COc1ncc(F)cc1C(C)Nc1ccc2ncn(C(=O)OC(C)(C)C)c2n1. The van der Waals surface area contributed by atoms with Gasteiger partial charge in [-0.25, -0.2) is 28.7 Å². The molecule has 0 saturated heterocycles. The van der Waals surface area contributed by atoms with Crippen LogP contribution in [0.3, 0.4) is 0 Å². The summed E-state index contributed by atoms with van der Waals surface area (Å²) in [5.74, 6) is 0.341. The van der Waals surface area contributed by atoms with E-state index in [0.29, 0.717) is 28.4 Å². The monoisotopic (exact) mass is 387 g/mol. The lowest BCUT2D eigenvalue weighted by Crippen LogP contribution is -2.27. The number of carbonyl (C=O) groups is 1. The zero-order valence-electron chi connectivity index (χ0n) is 16.4. The van der Waals surface area contributed by atoms with Crippen molar-refractivity contribution in [1.82, 2.24) is 19.5 Å². The molecule has 0 radical (unpaired) electrons. The van der Waals surface area contributed by atoms with E-state index in [1.54, 1.807) is 32.9 Å². The number of imidazole rings is 1. The van der Waals surface area contributed by atoms with Gasteiger partial charge in [-0.05, 0) is 45.9 Å². The van der Waals surface area contributed by atoms with Crippen LogP contribution in [0.25, 0.3) is 11.2 Å². The number of nitrogens with one attached hydrogen (secondary N) is 1. The van der Waals surface area contributed by atoms with E-state index in [1.165, 1.54) is 24.1 Å². The number of anilines is 1. The molecule has 0 bridgehead atoms. The van der Waals surface area contributed by atoms with Gasteiger partial charge in [-0.1, -0.05) is 0 Å². The van der Waals surface area contributed by atoms with Crippen molar-refractivity contribution in [2.24, 2.45) is 0 Å². The molecule has 0 aliphatic heterocycles. The molecule has 148 valence electrons. The Morgan fingerprint density at radius 1 is 1.29 bits per heavy atom. The number of aromatic nitrogens is 4. The van der Waals surface area contributed by atoms with E-state index >= 15 is 0 Å². The maximum absolute atomic E-state index is 13.6. The van der Waals surface area contributed by atoms with Crippen molar-refractivity contribution in [3.63, 3.8) is 0 Å². The highest BCUT2D eigenvalue weighted by molar-refractivity contribution is 5.84. The maximum Gasteiger partial charge on any atom is 0.421 e. The first kappa shape index (κ1) is 19.5. The molecule has 1 unspecified atom stereocenters. The van der Waals surface area contributed by atoms with E-state index in [0.717, 1.165) is 6.20 Å². The summed E-state index contributed by atoms with van der Waals surface area (Å²) in [6.07, 6.45) is 1.90. The fraction of sp³-hybridized carbons (Fsp3) is 0.368. The molecule has 3 aromatic heterocycles. The van der Waals surface area contributed by atoms with Crippen LogP contribution in [0, 0.1) is 5.82 Å². The van der Waals surface area contributed by atoms with Gasteiger partial charge in [0.2, 0.25) is 5.88 Å². The molecular weight excluding hydrogens is 365 g/mol. The molecule has 1 atom stereocenters. The molecule has 3 heterocycles. The third-order valence-electron chi connectivity index (χ3n) is 3.85. The third-order valence-corrected chi connectivity index (χ3v) is 3.85. The van der Waals surface area contributed by atoms with Crippen molar-refractivity contribution in [3.8, 4) is 5.88 Å². The van der Waals surface area contributed by atoms with Crippen LogP contribution < -0.4 is 10.1 Å². The summed E-state index contributed by atoms with van der Waals surface area (Å²) >= 11 is 0. The van der Waals surface area contributed by atoms with Crippen LogP contribution in [0.15, 0.2) is 30.7 Å². The highest BCUT2D eigenvalue weighted by Gasteiger charge is 2.21. The minimum atomic E-state index is -0.640. The number of hydrogen-bond donors (Lipinski definition) is 1. The lowest BCUT2D eigenvalue weighted by Gasteiger charge is -2.19. The minimum absolute atomic E-state index is 0.321. The lowest BCUT2D eigenvalue weighted by molar-refractivity contribution is 0.0543. The van der Waals surface area contributed by atoms with Gasteiger partial charge in [0.25, 0.3) is 0 Å². The van der Waals surface area contributed by atoms with Gasteiger partial charge in [-0.2, -0.15) is 0 Å². The first-order valence-corrected chi connectivity index (χ1v) is 8.71. The Hall–Kier alpha value is -3.23. The zero-order valence-corrected chi connectivity index (χ0v) is 16.4. The van der Waals surface area contributed by atoms with Gasteiger partial charge in [0.05, 0.1) is 19.3 Å². The van der Waals surface area contributed by atoms with Crippen molar-refractivity contribution >= 4 is 23.1 Å². The van der Waals surface area contributed by atoms with Gasteiger partial charge >= 0.3 is 6.09 Å². The molecule has 28 heavy (non-hydrogen) atoms. The van der Waals surface area contributed by atoms with Crippen molar-refractivity contribution in [2.45, 2.75) is 39.3 Å². The summed E-state index contributed by atoms with van der Waals surface area (Å²) in [5, 5.41) is 3.17. The number of halogens is 1. The van der Waals surface area contributed by atoms with Gasteiger partial charge in [0, 0.05) is 5.56 Å². The number of ether oxygens (including phenoxy) is 2. The molecule has 0 aliphatic carbocycles.